The Morgan fingerprint density at radius 1 is 0.678 bits per heavy atom. The number of carboxylic acid groups (broad SMARTS) is 3. The number of piperidine rings is 1. The van der Waals surface area contributed by atoms with Crippen LogP contribution in [0.2, 0.25) is 0 Å². The summed E-state index contributed by atoms with van der Waals surface area (Å²) in [6.45, 7) is 1.20. The molecule has 1 aliphatic rings. The lowest BCUT2D eigenvalue weighted by Gasteiger charge is -2.32. The third-order valence-electron chi connectivity index (χ3n) is 11.4. The number of ketones is 1. The molecule has 6 N–H and O–H groups in total. The van der Waals surface area contributed by atoms with Gasteiger partial charge >= 0.3 is 17.9 Å². The standard InChI is InChI=1S/C44H73N5O10/c50-37(23-22-36-32-45-33-47-36)31-35(43(56)57)19-17-18-28-46-39(51)25-24-38(44(58)59)48-42(55)34-26-29-49(30-27-34)40(52)20-15-13-11-9-7-5-3-1-2-4-6-8-10-12-14-16-21-41(53)54/h32-35,38H,1-31H2,(H,45,47)(H,46,51)(H,48,55)(H,53,54)(H,56,57)(H,58,59)/t35-,38?/m1/s1. The molecule has 1 aromatic heterocycles. The molecule has 0 saturated carbocycles. The second kappa shape index (κ2) is 31.6. The number of unbranched alkanes of at least 4 members (excludes halogenated alkanes) is 16. The van der Waals surface area contributed by atoms with Crippen molar-refractivity contribution in [3.63, 3.8) is 0 Å². The van der Waals surface area contributed by atoms with Crippen LogP contribution in [-0.4, -0.2) is 97.3 Å². The van der Waals surface area contributed by atoms with Crippen molar-refractivity contribution < 1.29 is 48.9 Å². The second-order valence-electron chi connectivity index (χ2n) is 16.3. The normalized spacial score (nSPS) is 14.1. The Kier molecular flexibility index (Phi) is 27.2. The number of carbonyl (C=O) groups is 7. The van der Waals surface area contributed by atoms with E-state index in [1.54, 1.807) is 11.1 Å². The minimum Gasteiger partial charge on any atom is -0.481 e. The first-order valence-electron chi connectivity index (χ1n) is 22.5. The van der Waals surface area contributed by atoms with Gasteiger partial charge in [-0.3, -0.25) is 28.8 Å². The van der Waals surface area contributed by atoms with E-state index in [1.165, 1.54) is 70.5 Å². The van der Waals surface area contributed by atoms with Gasteiger partial charge in [-0.1, -0.05) is 96.3 Å². The number of aryl methyl sites for hydroxylation is 1. The summed E-state index contributed by atoms with van der Waals surface area (Å²) in [6.07, 6.45) is 25.1. The minimum absolute atomic E-state index is 0.0533. The Balaban J connectivity index is 1.47. The van der Waals surface area contributed by atoms with Gasteiger partial charge in [0.15, 0.2) is 0 Å². The molecule has 0 bridgehead atoms. The number of carboxylic acids is 3. The second-order valence-corrected chi connectivity index (χ2v) is 16.3. The Bertz CT molecular complexity index is 1380. The number of aliphatic carboxylic acids is 3. The van der Waals surface area contributed by atoms with E-state index in [0.29, 0.717) is 58.0 Å². The summed E-state index contributed by atoms with van der Waals surface area (Å²) in [6, 6.07) is -1.22. The lowest BCUT2D eigenvalue weighted by Crippen LogP contribution is -2.47. The van der Waals surface area contributed by atoms with Crippen LogP contribution < -0.4 is 10.6 Å². The molecule has 334 valence electrons. The van der Waals surface area contributed by atoms with Gasteiger partial charge in [0.1, 0.15) is 11.8 Å². The van der Waals surface area contributed by atoms with E-state index in [1.807, 2.05) is 0 Å². The van der Waals surface area contributed by atoms with Gasteiger partial charge in [-0.2, -0.15) is 0 Å². The van der Waals surface area contributed by atoms with Gasteiger partial charge in [0.2, 0.25) is 17.7 Å². The molecule has 1 saturated heterocycles. The molecule has 0 radical (unpaired) electrons. The third kappa shape index (κ3) is 25.0. The van der Waals surface area contributed by atoms with Crippen LogP contribution >= 0.6 is 0 Å². The summed E-state index contributed by atoms with van der Waals surface area (Å²) in [5.41, 5.74) is 0.813. The predicted molar refractivity (Wildman–Crippen MR) is 223 cm³/mol. The highest BCUT2D eigenvalue weighted by molar-refractivity contribution is 5.86. The number of likely N-dealkylation sites (tertiary alicyclic amines) is 1. The number of imidazole rings is 1. The highest BCUT2D eigenvalue weighted by Gasteiger charge is 2.30. The monoisotopic (exact) mass is 832 g/mol. The largest absolute Gasteiger partial charge is 0.481 e. The van der Waals surface area contributed by atoms with Crippen LogP contribution in [0.25, 0.3) is 0 Å². The van der Waals surface area contributed by atoms with E-state index in [9.17, 15) is 43.8 Å². The summed E-state index contributed by atoms with van der Waals surface area (Å²) >= 11 is 0. The van der Waals surface area contributed by atoms with Crippen LogP contribution in [-0.2, 0) is 40.0 Å². The number of amides is 3. The number of nitrogens with one attached hydrogen (secondary N) is 3. The van der Waals surface area contributed by atoms with Gasteiger partial charge < -0.3 is 35.8 Å². The molecule has 0 spiro atoms. The number of Topliss-reactive ketones (excluding diaryl/α,β-unsaturated/α-hetero) is 1. The van der Waals surface area contributed by atoms with E-state index < -0.39 is 35.8 Å². The summed E-state index contributed by atoms with van der Waals surface area (Å²) in [7, 11) is 0. The average molecular weight is 832 g/mol. The molecule has 1 aromatic rings. The first kappa shape index (κ1) is 50.8. The summed E-state index contributed by atoms with van der Waals surface area (Å²) in [4.78, 5) is 93.1. The van der Waals surface area contributed by atoms with E-state index in [0.717, 1.165) is 44.2 Å². The van der Waals surface area contributed by atoms with E-state index in [-0.39, 0.29) is 62.2 Å². The number of nitrogens with zero attached hydrogens (tertiary/aromatic N) is 2. The summed E-state index contributed by atoms with van der Waals surface area (Å²) in [5, 5.41) is 33.2. The number of hydrogen-bond donors (Lipinski definition) is 6. The fourth-order valence-electron chi connectivity index (χ4n) is 7.62. The van der Waals surface area contributed by atoms with Crippen LogP contribution in [0.5, 0.6) is 0 Å². The first-order chi connectivity index (χ1) is 28.5. The van der Waals surface area contributed by atoms with Gasteiger partial charge in [-0.25, -0.2) is 9.78 Å². The van der Waals surface area contributed by atoms with E-state index in [4.69, 9.17) is 5.11 Å². The maximum Gasteiger partial charge on any atom is 0.326 e. The number of carbonyl (C=O) groups excluding carboxylic acids is 4. The highest BCUT2D eigenvalue weighted by Crippen LogP contribution is 2.21. The fraction of sp³-hybridized carbons (Fsp3) is 0.773. The lowest BCUT2D eigenvalue weighted by molar-refractivity contribution is -0.144. The Morgan fingerprint density at radius 2 is 1.24 bits per heavy atom. The number of hydrogen-bond acceptors (Lipinski definition) is 8. The van der Waals surface area contributed by atoms with Crippen LogP contribution in [0, 0.1) is 11.8 Å². The molecular weight excluding hydrogens is 759 g/mol. The fourth-order valence-corrected chi connectivity index (χ4v) is 7.62. The Morgan fingerprint density at radius 3 is 1.75 bits per heavy atom. The summed E-state index contributed by atoms with van der Waals surface area (Å²) in [5.74, 6) is -4.92. The van der Waals surface area contributed by atoms with Crippen molar-refractivity contribution in [1.29, 1.82) is 0 Å². The van der Waals surface area contributed by atoms with Crippen LogP contribution in [0.15, 0.2) is 12.5 Å². The maximum atomic E-state index is 12.9. The van der Waals surface area contributed by atoms with Gasteiger partial charge in [-0.15, -0.1) is 0 Å². The van der Waals surface area contributed by atoms with Crippen molar-refractivity contribution >= 4 is 41.4 Å². The number of aromatic nitrogens is 2. The van der Waals surface area contributed by atoms with Gasteiger partial charge in [0.05, 0.1) is 12.2 Å². The zero-order chi connectivity index (χ0) is 43.1. The predicted octanol–water partition coefficient (Wildman–Crippen LogP) is 6.98. The molecule has 59 heavy (non-hydrogen) atoms. The lowest BCUT2D eigenvalue weighted by atomic mass is 9.94. The van der Waals surface area contributed by atoms with Crippen molar-refractivity contribution in [3.8, 4) is 0 Å². The molecule has 2 atom stereocenters. The summed E-state index contributed by atoms with van der Waals surface area (Å²) < 4.78 is 0. The van der Waals surface area contributed by atoms with Gasteiger partial charge in [0.25, 0.3) is 0 Å². The van der Waals surface area contributed by atoms with Gasteiger partial charge in [0, 0.05) is 69.5 Å². The molecule has 15 heteroatoms. The Hall–Kier alpha value is -4.30. The zero-order valence-electron chi connectivity index (χ0n) is 35.4. The van der Waals surface area contributed by atoms with Crippen molar-refractivity contribution in [3.05, 3.63) is 18.2 Å². The molecular formula is C44H73N5O10. The molecule has 15 nitrogen and oxygen atoms in total. The maximum absolute atomic E-state index is 12.9. The molecule has 1 aliphatic heterocycles. The van der Waals surface area contributed by atoms with Crippen molar-refractivity contribution in [2.45, 2.75) is 186 Å². The number of rotatable bonds is 36. The number of H-pyrrole nitrogens is 1. The minimum atomic E-state index is -1.22. The molecule has 3 amide bonds. The van der Waals surface area contributed by atoms with Crippen LogP contribution in [0.1, 0.15) is 179 Å². The SMILES string of the molecule is O=C(O)CCCCCCCCCCCCCCCCCCC(=O)N1CCC(C(=O)NC(CCC(=O)NCCCC[C@H](CC(=O)CCc2cnc[nH]2)C(=O)O)C(=O)O)CC1. The topological polar surface area (TPSA) is 236 Å². The molecule has 0 aliphatic carbocycles. The molecule has 2 heterocycles. The zero-order valence-corrected chi connectivity index (χ0v) is 35.4. The van der Waals surface area contributed by atoms with Crippen LogP contribution in [0.3, 0.4) is 0 Å². The average Bonchev–Trinajstić information content (AvgIpc) is 3.74. The molecule has 0 aromatic carbocycles. The van der Waals surface area contributed by atoms with Crippen molar-refractivity contribution in [1.82, 2.24) is 25.5 Å². The number of aromatic amines is 1. The van der Waals surface area contributed by atoms with Gasteiger partial charge in [-0.05, 0) is 51.4 Å². The van der Waals surface area contributed by atoms with E-state index >= 15 is 0 Å². The van der Waals surface area contributed by atoms with E-state index in [2.05, 4.69) is 20.6 Å². The third-order valence-corrected chi connectivity index (χ3v) is 11.4. The molecule has 1 fully saturated rings. The Labute approximate surface area is 350 Å². The van der Waals surface area contributed by atoms with Crippen LogP contribution in [0.4, 0.5) is 0 Å². The van der Waals surface area contributed by atoms with Crippen molar-refractivity contribution in [2.75, 3.05) is 19.6 Å². The smallest absolute Gasteiger partial charge is 0.326 e. The quantitative estimate of drug-likeness (QED) is 0.0377. The highest BCUT2D eigenvalue weighted by atomic mass is 16.4. The molecule has 2 rings (SSSR count). The first-order valence-corrected chi connectivity index (χ1v) is 22.5. The van der Waals surface area contributed by atoms with Crippen molar-refractivity contribution in [2.24, 2.45) is 11.8 Å². The molecule has 1 unspecified atom stereocenters.